The molecule has 0 saturated heterocycles. The summed E-state index contributed by atoms with van der Waals surface area (Å²) in [6.07, 6.45) is 0.648. The molecule has 0 saturated carbocycles. The summed E-state index contributed by atoms with van der Waals surface area (Å²) in [6.45, 7) is 1.93. The number of nitrogens with zero attached hydrogens (tertiary/aromatic N) is 1. The topological polar surface area (TPSA) is 65.9 Å². The van der Waals surface area contributed by atoms with Crippen molar-refractivity contribution >= 4 is 10.9 Å². The molecule has 4 heteroatoms. The smallest absolute Gasteiger partial charge is 0.266 e. The monoisotopic (exact) mass is 228 g/mol. The van der Waals surface area contributed by atoms with Gasteiger partial charge in [-0.3, -0.25) is 4.79 Å². The van der Waals surface area contributed by atoms with Crippen molar-refractivity contribution in [3.05, 3.63) is 39.7 Å². The summed E-state index contributed by atoms with van der Waals surface area (Å²) in [5.74, 6) is 0.680. The molecular weight excluding hydrogens is 216 g/mol. The van der Waals surface area contributed by atoms with Gasteiger partial charge in [-0.25, -0.2) is 0 Å². The molecule has 2 aromatic rings. The molecule has 0 aliphatic heterocycles. The van der Waals surface area contributed by atoms with Crippen LogP contribution in [0.4, 0.5) is 0 Å². The van der Waals surface area contributed by atoms with Gasteiger partial charge in [0.25, 0.3) is 5.56 Å². The van der Waals surface area contributed by atoms with Gasteiger partial charge in [0.05, 0.1) is 12.6 Å². The second-order valence-electron chi connectivity index (χ2n) is 3.68. The Morgan fingerprint density at radius 2 is 2.24 bits per heavy atom. The van der Waals surface area contributed by atoms with Crippen LogP contribution in [0.5, 0.6) is 5.75 Å². The van der Waals surface area contributed by atoms with Gasteiger partial charge in [-0.2, -0.15) is 5.26 Å². The summed E-state index contributed by atoms with van der Waals surface area (Å²) in [5, 5.41) is 9.89. The van der Waals surface area contributed by atoms with Gasteiger partial charge in [0.2, 0.25) is 0 Å². The second-order valence-corrected chi connectivity index (χ2v) is 3.68. The normalized spacial score (nSPS) is 10.2. The van der Waals surface area contributed by atoms with E-state index in [-0.39, 0.29) is 11.1 Å². The van der Waals surface area contributed by atoms with Crippen LogP contribution in [0.2, 0.25) is 0 Å². The second kappa shape index (κ2) is 4.30. The first-order valence-electron chi connectivity index (χ1n) is 5.34. The zero-order chi connectivity index (χ0) is 12.4. The molecule has 1 N–H and O–H groups in total. The fourth-order valence-electron chi connectivity index (χ4n) is 1.96. The van der Waals surface area contributed by atoms with Crippen molar-refractivity contribution in [3.63, 3.8) is 0 Å². The first kappa shape index (κ1) is 11.2. The number of H-pyrrole nitrogens is 1. The van der Waals surface area contributed by atoms with Gasteiger partial charge in [-0.05, 0) is 24.1 Å². The van der Waals surface area contributed by atoms with E-state index in [4.69, 9.17) is 10.00 Å². The fourth-order valence-corrected chi connectivity index (χ4v) is 1.96. The molecular formula is C13H12N2O2. The fraction of sp³-hybridized carbons (Fsp3) is 0.231. The molecule has 0 atom stereocenters. The summed E-state index contributed by atoms with van der Waals surface area (Å²) in [4.78, 5) is 14.4. The van der Waals surface area contributed by atoms with Gasteiger partial charge in [0.1, 0.15) is 17.4 Å². The van der Waals surface area contributed by atoms with Crippen molar-refractivity contribution in [1.82, 2.24) is 4.98 Å². The predicted molar refractivity (Wildman–Crippen MR) is 65.2 cm³/mol. The lowest BCUT2D eigenvalue weighted by atomic mass is 10.0. The quantitative estimate of drug-likeness (QED) is 0.854. The Balaban J connectivity index is 2.89. The molecule has 0 radical (unpaired) electrons. The minimum atomic E-state index is -0.342. The largest absolute Gasteiger partial charge is 0.497 e. The number of fused-ring (bicyclic) bond motifs is 1. The van der Waals surface area contributed by atoms with Crippen molar-refractivity contribution in [1.29, 1.82) is 5.26 Å². The molecule has 0 aliphatic rings. The van der Waals surface area contributed by atoms with Gasteiger partial charge in [0, 0.05) is 11.5 Å². The third-order valence-electron chi connectivity index (χ3n) is 2.79. The van der Waals surface area contributed by atoms with Crippen LogP contribution in [0.3, 0.4) is 0 Å². The number of ether oxygens (including phenoxy) is 1. The molecule has 4 nitrogen and oxygen atoms in total. The van der Waals surface area contributed by atoms with E-state index in [0.29, 0.717) is 17.7 Å². The maximum atomic E-state index is 11.7. The van der Waals surface area contributed by atoms with Crippen LogP contribution in [-0.4, -0.2) is 12.1 Å². The average Bonchev–Trinajstić information content (AvgIpc) is 2.36. The summed E-state index contributed by atoms with van der Waals surface area (Å²) in [7, 11) is 1.57. The Bertz CT molecular complexity index is 665. The van der Waals surface area contributed by atoms with Crippen LogP contribution in [0.15, 0.2) is 23.0 Å². The number of nitrogens with one attached hydrogen (secondary N) is 1. The van der Waals surface area contributed by atoms with Crippen LogP contribution in [-0.2, 0) is 6.42 Å². The summed E-state index contributed by atoms with van der Waals surface area (Å²) < 4.78 is 5.11. The average molecular weight is 228 g/mol. The van der Waals surface area contributed by atoms with Crippen LogP contribution in [0.1, 0.15) is 18.1 Å². The number of methoxy groups -OCH3 is 1. The minimum Gasteiger partial charge on any atom is -0.497 e. The Kier molecular flexibility index (Phi) is 2.84. The number of hydrogen-bond acceptors (Lipinski definition) is 3. The van der Waals surface area contributed by atoms with Crippen molar-refractivity contribution in [2.45, 2.75) is 13.3 Å². The Labute approximate surface area is 98.5 Å². The highest BCUT2D eigenvalue weighted by Gasteiger charge is 2.10. The zero-order valence-corrected chi connectivity index (χ0v) is 9.70. The van der Waals surface area contributed by atoms with Gasteiger partial charge in [-0.1, -0.05) is 6.92 Å². The molecule has 0 fully saturated rings. The Morgan fingerprint density at radius 1 is 1.47 bits per heavy atom. The number of aromatic nitrogens is 1. The van der Waals surface area contributed by atoms with E-state index in [1.54, 1.807) is 13.2 Å². The van der Waals surface area contributed by atoms with Gasteiger partial charge >= 0.3 is 0 Å². The lowest BCUT2D eigenvalue weighted by Crippen LogP contribution is -2.13. The van der Waals surface area contributed by atoms with E-state index in [2.05, 4.69) is 4.98 Å². The summed E-state index contributed by atoms with van der Waals surface area (Å²) in [6, 6.07) is 7.41. The molecule has 1 aromatic carbocycles. The number of rotatable bonds is 2. The molecule has 17 heavy (non-hydrogen) atoms. The minimum absolute atomic E-state index is 0.199. The molecule has 0 unspecified atom stereocenters. The molecule has 1 heterocycles. The predicted octanol–water partition coefficient (Wildman–Crippen LogP) is 1.97. The number of hydrogen-bond donors (Lipinski definition) is 1. The highest BCUT2D eigenvalue weighted by molar-refractivity contribution is 5.85. The molecule has 86 valence electrons. The molecule has 0 spiro atoms. The van der Waals surface area contributed by atoms with Crippen molar-refractivity contribution in [3.8, 4) is 11.8 Å². The van der Waals surface area contributed by atoms with Crippen molar-refractivity contribution in [2.75, 3.05) is 7.11 Å². The first-order valence-corrected chi connectivity index (χ1v) is 5.34. The van der Waals surface area contributed by atoms with Crippen LogP contribution in [0, 0.1) is 11.3 Å². The zero-order valence-electron chi connectivity index (χ0n) is 9.70. The third-order valence-corrected chi connectivity index (χ3v) is 2.79. The maximum Gasteiger partial charge on any atom is 0.266 e. The summed E-state index contributed by atoms with van der Waals surface area (Å²) in [5.41, 5.74) is 1.34. The van der Waals surface area contributed by atoms with Crippen molar-refractivity contribution in [2.24, 2.45) is 0 Å². The molecule has 0 aliphatic carbocycles. The lowest BCUT2D eigenvalue weighted by Gasteiger charge is -2.07. The van der Waals surface area contributed by atoms with E-state index < -0.39 is 0 Å². The van der Waals surface area contributed by atoms with E-state index in [0.717, 1.165) is 10.9 Å². The molecule has 1 aromatic heterocycles. The van der Waals surface area contributed by atoms with Crippen molar-refractivity contribution < 1.29 is 4.74 Å². The van der Waals surface area contributed by atoms with Gasteiger partial charge in [0.15, 0.2) is 0 Å². The number of aryl methyl sites for hydroxylation is 1. The molecule has 0 bridgehead atoms. The van der Waals surface area contributed by atoms with E-state index in [1.807, 2.05) is 25.1 Å². The Hall–Kier alpha value is -2.28. The van der Waals surface area contributed by atoms with Gasteiger partial charge in [-0.15, -0.1) is 0 Å². The molecule has 2 rings (SSSR count). The molecule has 0 amide bonds. The van der Waals surface area contributed by atoms with Crippen LogP contribution >= 0.6 is 0 Å². The number of benzene rings is 1. The van der Waals surface area contributed by atoms with E-state index in [1.165, 1.54) is 0 Å². The number of pyridine rings is 1. The highest BCUT2D eigenvalue weighted by Crippen LogP contribution is 2.22. The lowest BCUT2D eigenvalue weighted by molar-refractivity contribution is 0.415. The van der Waals surface area contributed by atoms with Crippen LogP contribution in [0.25, 0.3) is 10.9 Å². The van der Waals surface area contributed by atoms with Gasteiger partial charge < -0.3 is 9.72 Å². The van der Waals surface area contributed by atoms with E-state index in [9.17, 15) is 4.79 Å². The maximum absolute atomic E-state index is 11.7. The Morgan fingerprint density at radius 3 is 2.82 bits per heavy atom. The number of aromatic amines is 1. The summed E-state index contributed by atoms with van der Waals surface area (Å²) >= 11 is 0. The third kappa shape index (κ3) is 1.76. The van der Waals surface area contributed by atoms with Crippen LogP contribution < -0.4 is 10.3 Å². The number of nitriles is 1. The van der Waals surface area contributed by atoms with E-state index >= 15 is 0 Å². The standard InChI is InChI=1S/C13H12N2O2/c1-3-9-10-5-4-8(17-2)6-12(10)15-13(16)11(9)7-14/h4-6H,3H2,1-2H3,(H,15,16). The SMILES string of the molecule is CCc1c(C#N)c(=O)[nH]c2cc(OC)ccc12. The first-order chi connectivity index (χ1) is 8.21. The highest BCUT2D eigenvalue weighted by atomic mass is 16.5.